The van der Waals surface area contributed by atoms with Gasteiger partial charge in [0.15, 0.2) is 10.1 Å². The van der Waals surface area contributed by atoms with Crippen LogP contribution in [0.15, 0.2) is 46.8 Å². The van der Waals surface area contributed by atoms with Crippen LogP contribution in [0, 0.1) is 5.82 Å². The lowest BCUT2D eigenvalue weighted by Gasteiger charge is -2.02. The molecule has 21 heavy (non-hydrogen) atoms. The summed E-state index contributed by atoms with van der Waals surface area (Å²) in [5.74, 6) is -0.958. The molecule has 0 bridgehead atoms. The number of hydrogen-bond acceptors (Lipinski definition) is 5. The predicted octanol–water partition coefficient (Wildman–Crippen LogP) is 4.12. The molecule has 1 heterocycles. The SMILES string of the molecule is O=C(CSc1nc2ccccc2s1)c1cc(F)ccc1O. The Balaban J connectivity index is 1.74. The average Bonchev–Trinajstić information content (AvgIpc) is 2.90. The second-order valence-corrected chi connectivity index (χ2v) is 6.57. The smallest absolute Gasteiger partial charge is 0.176 e. The number of Topliss-reactive ketones (excluding diaryl/α,β-unsaturated/α-hetero) is 1. The maximum absolute atomic E-state index is 13.1. The maximum Gasteiger partial charge on any atom is 0.176 e. The standard InChI is InChI=1S/C15H10FNO2S2/c16-9-5-6-12(18)10(7-9)13(19)8-20-15-17-11-3-1-2-4-14(11)21-15/h1-7,18H,8H2. The number of phenols is 1. The first-order valence-corrected chi connectivity index (χ1v) is 7.94. The van der Waals surface area contributed by atoms with Crippen molar-refractivity contribution in [3.63, 3.8) is 0 Å². The van der Waals surface area contributed by atoms with E-state index in [1.807, 2.05) is 24.3 Å². The topological polar surface area (TPSA) is 50.2 Å². The number of phenolic OH excluding ortho intramolecular Hbond substituents is 1. The van der Waals surface area contributed by atoms with Crippen molar-refractivity contribution >= 4 is 39.1 Å². The first kappa shape index (κ1) is 14.0. The summed E-state index contributed by atoms with van der Waals surface area (Å²) in [6.45, 7) is 0. The number of aromatic nitrogens is 1. The Kier molecular flexibility index (Phi) is 3.90. The van der Waals surface area contributed by atoms with Gasteiger partial charge in [-0.1, -0.05) is 23.9 Å². The van der Waals surface area contributed by atoms with Crippen LogP contribution in [0.25, 0.3) is 10.2 Å². The third kappa shape index (κ3) is 3.06. The van der Waals surface area contributed by atoms with Gasteiger partial charge >= 0.3 is 0 Å². The molecule has 3 aromatic rings. The second-order valence-electron chi connectivity index (χ2n) is 4.32. The number of thiazole rings is 1. The van der Waals surface area contributed by atoms with Crippen LogP contribution in [-0.4, -0.2) is 21.6 Å². The molecule has 0 aliphatic rings. The zero-order valence-electron chi connectivity index (χ0n) is 10.7. The van der Waals surface area contributed by atoms with Crippen molar-refractivity contribution in [2.45, 2.75) is 4.34 Å². The van der Waals surface area contributed by atoms with E-state index in [0.29, 0.717) is 0 Å². The number of hydrogen-bond donors (Lipinski definition) is 1. The van der Waals surface area contributed by atoms with Gasteiger partial charge in [-0.05, 0) is 30.3 Å². The normalized spacial score (nSPS) is 10.9. The van der Waals surface area contributed by atoms with Crippen LogP contribution in [-0.2, 0) is 0 Å². The molecule has 0 unspecified atom stereocenters. The number of rotatable bonds is 4. The minimum atomic E-state index is -0.541. The van der Waals surface area contributed by atoms with Gasteiger partial charge in [-0.2, -0.15) is 0 Å². The van der Waals surface area contributed by atoms with Crippen molar-refractivity contribution in [3.05, 3.63) is 53.8 Å². The average molecular weight is 319 g/mol. The van der Waals surface area contributed by atoms with E-state index in [4.69, 9.17) is 0 Å². The molecule has 3 rings (SSSR count). The first-order chi connectivity index (χ1) is 10.1. The summed E-state index contributed by atoms with van der Waals surface area (Å²) in [7, 11) is 0. The van der Waals surface area contributed by atoms with Crippen molar-refractivity contribution in [2.24, 2.45) is 0 Å². The van der Waals surface area contributed by atoms with Crippen LogP contribution < -0.4 is 0 Å². The summed E-state index contributed by atoms with van der Waals surface area (Å²) in [4.78, 5) is 16.4. The summed E-state index contributed by atoms with van der Waals surface area (Å²) < 4.78 is 15.0. The lowest BCUT2D eigenvalue weighted by molar-refractivity contribution is 0.101. The highest BCUT2D eigenvalue weighted by atomic mass is 32.2. The third-order valence-corrected chi connectivity index (χ3v) is 5.04. The van der Waals surface area contributed by atoms with Crippen LogP contribution >= 0.6 is 23.1 Å². The van der Waals surface area contributed by atoms with Crippen LogP contribution in [0.2, 0.25) is 0 Å². The van der Waals surface area contributed by atoms with Crippen LogP contribution in [0.1, 0.15) is 10.4 Å². The molecule has 3 nitrogen and oxygen atoms in total. The van der Waals surface area contributed by atoms with E-state index in [1.54, 1.807) is 0 Å². The highest BCUT2D eigenvalue weighted by molar-refractivity contribution is 8.01. The molecule has 0 fully saturated rings. The quantitative estimate of drug-likeness (QED) is 0.580. The fraction of sp³-hybridized carbons (Fsp3) is 0.0667. The highest BCUT2D eigenvalue weighted by Gasteiger charge is 2.14. The van der Waals surface area contributed by atoms with Gasteiger partial charge in [0, 0.05) is 0 Å². The fourth-order valence-electron chi connectivity index (χ4n) is 1.85. The summed E-state index contributed by atoms with van der Waals surface area (Å²) in [5.41, 5.74) is 0.898. The Labute approximate surface area is 128 Å². The number of halogens is 1. The maximum atomic E-state index is 13.1. The molecule has 1 aromatic heterocycles. The van der Waals surface area contributed by atoms with Gasteiger partial charge in [-0.3, -0.25) is 4.79 Å². The molecule has 6 heteroatoms. The van der Waals surface area contributed by atoms with Crippen LogP contribution in [0.5, 0.6) is 5.75 Å². The summed E-state index contributed by atoms with van der Waals surface area (Å²) in [5, 5.41) is 9.61. The molecule has 0 radical (unpaired) electrons. The number of aromatic hydroxyl groups is 1. The van der Waals surface area contributed by atoms with E-state index < -0.39 is 5.82 Å². The van der Waals surface area contributed by atoms with E-state index in [0.717, 1.165) is 26.7 Å². The van der Waals surface area contributed by atoms with Crippen molar-refractivity contribution in [3.8, 4) is 5.75 Å². The van der Waals surface area contributed by atoms with Crippen LogP contribution in [0.3, 0.4) is 0 Å². The molecule has 0 atom stereocenters. The van der Waals surface area contributed by atoms with E-state index in [2.05, 4.69) is 4.98 Å². The lowest BCUT2D eigenvalue weighted by atomic mass is 10.1. The van der Waals surface area contributed by atoms with Crippen molar-refractivity contribution in [1.82, 2.24) is 4.98 Å². The number of nitrogens with zero attached hydrogens (tertiary/aromatic N) is 1. The van der Waals surface area contributed by atoms with E-state index in [1.165, 1.54) is 29.2 Å². The Morgan fingerprint density at radius 2 is 2.10 bits per heavy atom. The van der Waals surface area contributed by atoms with Gasteiger partial charge in [0.1, 0.15) is 11.6 Å². The molecule has 0 saturated carbocycles. The van der Waals surface area contributed by atoms with Crippen molar-refractivity contribution < 1.29 is 14.3 Å². The third-order valence-electron chi connectivity index (χ3n) is 2.86. The number of thioether (sulfide) groups is 1. The van der Waals surface area contributed by atoms with Gasteiger partial charge in [-0.25, -0.2) is 9.37 Å². The van der Waals surface area contributed by atoms with Crippen molar-refractivity contribution in [1.29, 1.82) is 0 Å². The minimum absolute atomic E-state index is 0.00334. The highest BCUT2D eigenvalue weighted by Crippen LogP contribution is 2.30. The Morgan fingerprint density at radius 1 is 1.29 bits per heavy atom. The summed E-state index contributed by atoms with van der Waals surface area (Å²) in [6, 6.07) is 11.1. The zero-order chi connectivity index (χ0) is 14.8. The monoisotopic (exact) mass is 319 g/mol. The largest absolute Gasteiger partial charge is 0.507 e. The molecule has 0 aliphatic heterocycles. The Bertz CT molecular complexity index is 783. The summed E-state index contributed by atoms with van der Waals surface area (Å²) in [6.07, 6.45) is 0. The van der Waals surface area contributed by atoms with Gasteiger partial charge in [0.25, 0.3) is 0 Å². The molecule has 106 valence electrons. The minimum Gasteiger partial charge on any atom is -0.507 e. The molecule has 0 saturated heterocycles. The van der Waals surface area contributed by atoms with E-state index in [-0.39, 0.29) is 22.8 Å². The van der Waals surface area contributed by atoms with Gasteiger partial charge in [0.2, 0.25) is 0 Å². The van der Waals surface area contributed by atoms with E-state index in [9.17, 15) is 14.3 Å². The molecular formula is C15H10FNO2S2. The summed E-state index contributed by atoms with van der Waals surface area (Å²) >= 11 is 2.79. The fourth-order valence-corrected chi connectivity index (χ4v) is 3.80. The van der Waals surface area contributed by atoms with Gasteiger partial charge in [0.05, 0.1) is 21.5 Å². The first-order valence-electron chi connectivity index (χ1n) is 6.13. The van der Waals surface area contributed by atoms with Gasteiger partial charge < -0.3 is 5.11 Å². The molecule has 0 spiro atoms. The second kappa shape index (κ2) is 5.83. The lowest BCUT2D eigenvalue weighted by Crippen LogP contribution is -2.03. The van der Waals surface area contributed by atoms with E-state index >= 15 is 0 Å². The van der Waals surface area contributed by atoms with Gasteiger partial charge in [-0.15, -0.1) is 11.3 Å². The number of para-hydroxylation sites is 1. The Hall–Kier alpha value is -1.92. The predicted molar refractivity (Wildman–Crippen MR) is 82.7 cm³/mol. The molecule has 0 amide bonds. The number of carbonyl (C=O) groups is 1. The Morgan fingerprint density at radius 3 is 2.90 bits per heavy atom. The van der Waals surface area contributed by atoms with Crippen molar-refractivity contribution in [2.75, 3.05) is 5.75 Å². The number of carbonyl (C=O) groups excluding carboxylic acids is 1. The number of ketones is 1. The molecule has 1 N–H and O–H groups in total. The molecular weight excluding hydrogens is 309 g/mol. The molecule has 0 aliphatic carbocycles. The number of fused-ring (bicyclic) bond motifs is 1. The van der Waals surface area contributed by atoms with Crippen LogP contribution in [0.4, 0.5) is 4.39 Å². The zero-order valence-corrected chi connectivity index (χ0v) is 12.4. The number of benzene rings is 2. The molecule has 2 aromatic carbocycles.